The fourth-order valence-electron chi connectivity index (χ4n) is 3.58. The first-order valence-corrected chi connectivity index (χ1v) is 10.4. The maximum Gasteiger partial charge on any atom is 0.416 e. The van der Waals surface area contributed by atoms with Crippen molar-refractivity contribution in [2.75, 3.05) is 13.2 Å². The van der Waals surface area contributed by atoms with Crippen molar-refractivity contribution in [1.29, 1.82) is 0 Å². The van der Waals surface area contributed by atoms with Crippen molar-refractivity contribution >= 4 is 23.6 Å². The second-order valence-corrected chi connectivity index (χ2v) is 7.54. The number of unbranched alkanes of at least 4 members (excludes halogenated alkanes) is 3. The first kappa shape index (κ1) is 25.5. The monoisotopic (exact) mass is 459 g/mol. The topological polar surface area (TPSA) is 80.8 Å². The third-order valence-electron chi connectivity index (χ3n) is 5.34. The van der Waals surface area contributed by atoms with Crippen LogP contribution in [0.25, 0.3) is 0 Å². The molecule has 1 fully saturated rings. The highest BCUT2D eigenvalue weighted by atomic mass is 19.4. The van der Waals surface area contributed by atoms with Gasteiger partial charge in [-0.1, -0.05) is 38.3 Å². The van der Waals surface area contributed by atoms with Gasteiger partial charge in [0.2, 0.25) is 17.6 Å². The van der Waals surface area contributed by atoms with E-state index in [4.69, 9.17) is 0 Å². The molecule has 1 saturated heterocycles. The van der Waals surface area contributed by atoms with Crippen molar-refractivity contribution < 1.29 is 41.5 Å². The van der Waals surface area contributed by atoms with Gasteiger partial charge < -0.3 is 4.74 Å². The molecule has 0 bridgehead atoms. The fraction of sp³-hybridized carbons (Fsp3) is 0.545. The number of imide groups is 1. The molecule has 2 rings (SSSR count). The van der Waals surface area contributed by atoms with Gasteiger partial charge in [-0.05, 0) is 25.5 Å². The number of benzene rings is 1. The highest BCUT2D eigenvalue weighted by Gasteiger charge is 2.62. The van der Waals surface area contributed by atoms with Gasteiger partial charge in [-0.2, -0.15) is 13.2 Å². The number of Topliss-reactive ketones (excluding diaryl/α,β-unsaturated/α-hetero) is 1. The maximum atomic E-state index is 16.1. The normalized spacial score (nSPS) is 18.6. The summed E-state index contributed by atoms with van der Waals surface area (Å²) in [6.45, 7) is 3.07. The van der Waals surface area contributed by atoms with Gasteiger partial charge >= 0.3 is 12.1 Å². The van der Waals surface area contributed by atoms with Crippen LogP contribution in [0.1, 0.15) is 61.9 Å². The van der Waals surface area contributed by atoms with Gasteiger partial charge in [0.1, 0.15) is 5.92 Å². The number of rotatable bonds is 10. The average Bonchev–Trinajstić information content (AvgIpc) is 3.03. The van der Waals surface area contributed by atoms with Gasteiger partial charge in [-0.25, -0.2) is 9.18 Å². The Morgan fingerprint density at radius 2 is 1.66 bits per heavy atom. The van der Waals surface area contributed by atoms with E-state index in [2.05, 4.69) is 4.74 Å². The summed E-state index contributed by atoms with van der Waals surface area (Å²) in [5, 5.41) is 0. The number of likely N-dealkylation sites (tertiary alicyclic amines) is 1. The minimum Gasteiger partial charge on any atom is -0.463 e. The van der Waals surface area contributed by atoms with E-state index >= 15 is 4.39 Å². The molecule has 0 spiro atoms. The van der Waals surface area contributed by atoms with Crippen molar-refractivity contribution in [2.45, 2.75) is 57.8 Å². The maximum absolute atomic E-state index is 16.1. The Morgan fingerprint density at radius 1 is 1.03 bits per heavy atom. The third kappa shape index (κ3) is 5.16. The molecule has 1 heterocycles. The lowest BCUT2D eigenvalue weighted by atomic mass is 9.81. The smallest absolute Gasteiger partial charge is 0.416 e. The van der Waals surface area contributed by atoms with Gasteiger partial charge in [0.15, 0.2) is 0 Å². The van der Waals surface area contributed by atoms with E-state index in [0.29, 0.717) is 18.6 Å². The van der Waals surface area contributed by atoms with E-state index in [-0.39, 0.29) is 13.2 Å². The summed E-state index contributed by atoms with van der Waals surface area (Å²) in [4.78, 5) is 51.4. The number of hydrogen-bond donors (Lipinski definition) is 0. The molecule has 2 atom stereocenters. The standard InChI is InChI=1S/C22H25F4NO5/c1-3-5-6-7-12-27-17(28)13-16(19(27)30)21(23,20(31)32-4-2)18(29)14-8-10-15(11-9-14)22(24,25)26/h8-11,16H,3-7,12-13H2,1-2H3/t16-,21-/m0/s1. The van der Waals surface area contributed by atoms with Crippen LogP contribution in [0.15, 0.2) is 24.3 Å². The third-order valence-corrected chi connectivity index (χ3v) is 5.34. The molecule has 1 aromatic carbocycles. The SMILES string of the molecule is CCCCCCN1C(=O)C[C@H]([C@@](F)(C(=O)OCC)C(=O)c2ccc(C(F)(F)F)cc2)C1=O. The van der Waals surface area contributed by atoms with E-state index in [1.54, 1.807) is 0 Å². The summed E-state index contributed by atoms with van der Waals surface area (Å²) in [7, 11) is 0. The zero-order valence-corrected chi connectivity index (χ0v) is 17.8. The Bertz CT molecular complexity index is 868. The predicted octanol–water partition coefficient (Wildman–Crippen LogP) is 4.11. The minimum atomic E-state index is -4.68. The van der Waals surface area contributed by atoms with Crippen LogP contribution in [0.5, 0.6) is 0 Å². The molecular weight excluding hydrogens is 434 g/mol. The number of carbonyl (C=O) groups excluding carboxylic acids is 4. The summed E-state index contributed by atoms with van der Waals surface area (Å²) in [6, 6.07) is 2.59. The second-order valence-electron chi connectivity index (χ2n) is 7.54. The fourth-order valence-corrected chi connectivity index (χ4v) is 3.58. The van der Waals surface area contributed by atoms with Gasteiger partial charge in [-0.3, -0.25) is 19.3 Å². The lowest BCUT2D eigenvalue weighted by molar-refractivity contribution is -0.160. The molecule has 1 aliphatic rings. The number of alkyl halides is 4. The van der Waals surface area contributed by atoms with E-state index in [1.165, 1.54) is 6.92 Å². The number of esters is 1. The van der Waals surface area contributed by atoms with Gasteiger partial charge in [-0.15, -0.1) is 0 Å². The van der Waals surface area contributed by atoms with Crippen molar-refractivity contribution in [1.82, 2.24) is 4.90 Å². The average molecular weight is 459 g/mol. The van der Waals surface area contributed by atoms with Gasteiger partial charge in [0.05, 0.1) is 12.2 Å². The largest absolute Gasteiger partial charge is 0.463 e. The number of hydrogen-bond acceptors (Lipinski definition) is 5. The Hall–Kier alpha value is -2.78. The molecule has 6 nitrogen and oxygen atoms in total. The zero-order chi connectivity index (χ0) is 24.1. The Kier molecular flexibility index (Phi) is 8.14. The molecule has 0 saturated carbocycles. The molecule has 0 aliphatic carbocycles. The van der Waals surface area contributed by atoms with E-state index in [0.717, 1.165) is 36.3 Å². The molecule has 176 valence electrons. The number of carbonyl (C=O) groups is 4. The Balaban J connectivity index is 2.36. The highest BCUT2D eigenvalue weighted by molar-refractivity contribution is 6.20. The minimum absolute atomic E-state index is 0.0293. The van der Waals surface area contributed by atoms with Crippen molar-refractivity contribution in [3.05, 3.63) is 35.4 Å². The van der Waals surface area contributed by atoms with E-state index in [1.807, 2.05) is 6.92 Å². The molecule has 2 amide bonds. The van der Waals surface area contributed by atoms with Crippen LogP contribution in [0.2, 0.25) is 0 Å². The van der Waals surface area contributed by atoms with Crippen molar-refractivity contribution in [3.63, 3.8) is 0 Å². The lowest BCUT2D eigenvalue weighted by Crippen LogP contribution is -2.52. The second kappa shape index (κ2) is 10.2. The molecule has 1 aromatic rings. The molecule has 0 radical (unpaired) electrons. The number of halogens is 4. The molecule has 0 N–H and O–H groups in total. The molecule has 32 heavy (non-hydrogen) atoms. The number of nitrogens with zero attached hydrogens (tertiary/aromatic N) is 1. The molecule has 0 unspecified atom stereocenters. The predicted molar refractivity (Wildman–Crippen MR) is 105 cm³/mol. The molecule has 1 aliphatic heterocycles. The summed E-state index contributed by atoms with van der Waals surface area (Å²) in [5.74, 6) is -6.85. The quantitative estimate of drug-likeness (QED) is 0.131. The Morgan fingerprint density at radius 3 is 2.19 bits per heavy atom. The van der Waals surface area contributed by atoms with Gasteiger partial charge in [0, 0.05) is 18.5 Å². The van der Waals surface area contributed by atoms with Crippen LogP contribution in [-0.4, -0.2) is 47.3 Å². The van der Waals surface area contributed by atoms with Crippen LogP contribution in [0.4, 0.5) is 17.6 Å². The van der Waals surface area contributed by atoms with Crippen LogP contribution in [-0.2, 0) is 25.3 Å². The summed E-state index contributed by atoms with van der Waals surface area (Å²) >= 11 is 0. The number of amides is 2. The van der Waals surface area contributed by atoms with Crippen LogP contribution in [0.3, 0.4) is 0 Å². The number of ether oxygens (including phenoxy) is 1. The zero-order valence-electron chi connectivity index (χ0n) is 17.8. The lowest BCUT2D eigenvalue weighted by Gasteiger charge is -2.26. The Labute approximate surface area is 182 Å². The number of ketones is 1. The summed E-state index contributed by atoms with van der Waals surface area (Å²) in [5.41, 5.74) is -5.16. The van der Waals surface area contributed by atoms with Crippen LogP contribution in [0, 0.1) is 5.92 Å². The van der Waals surface area contributed by atoms with Crippen molar-refractivity contribution in [3.8, 4) is 0 Å². The molecular formula is C22H25F4NO5. The van der Waals surface area contributed by atoms with Crippen molar-refractivity contribution in [2.24, 2.45) is 5.92 Å². The van der Waals surface area contributed by atoms with Crippen LogP contribution >= 0.6 is 0 Å². The van der Waals surface area contributed by atoms with Crippen LogP contribution < -0.4 is 0 Å². The summed E-state index contributed by atoms with van der Waals surface area (Å²) < 4.78 is 59.1. The first-order chi connectivity index (χ1) is 15.0. The molecule has 10 heteroatoms. The van der Waals surface area contributed by atoms with E-state index in [9.17, 15) is 32.3 Å². The highest BCUT2D eigenvalue weighted by Crippen LogP contribution is 2.38. The van der Waals surface area contributed by atoms with Gasteiger partial charge in [0.25, 0.3) is 5.67 Å². The molecule has 0 aromatic heterocycles. The summed E-state index contributed by atoms with van der Waals surface area (Å²) in [6.07, 6.45) is -2.37. The first-order valence-electron chi connectivity index (χ1n) is 10.4. The van der Waals surface area contributed by atoms with E-state index < -0.39 is 58.9 Å².